The zero-order valence-corrected chi connectivity index (χ0v) is 15.2. The Labute approximate surface area is 160 Å². The van der Waals surface area contributed by atoms with Gasteiger partial charge in [0.15, 0.2) is 0 Å². The van der Waals surface area contributed by atoms with Crippen LogP contribution >= 0.6 is 23.4 Å². The summed E-state index contributed by atoms with van der Waals surface area (Å²) in [4.78, 5) is 38.0. The molecule has 2 aromatic carbocycles. The van der Waals surface area contributed by atoms with Crippen molar-refractivity contribution < 1.29 is 14.4 Å². The summed E-state index contributed by atoms with van der Waals surface area (Å²) >= 11 is 6.69. The lowest BCUT2D eigenvalue weighted by Gasteiger charge is -2.13. The molecule has 1 fully saturated rings. The number of hydrogen-bond donors (Lipinski definition) is 1. The molecule has 0 saturated carbocycles. The lowest BCUT2D eigenvalue weighted by Crippen LogP contribution is -2.37. The highest BCUT2D eigenvalue weighted by Crippen LogP contribution is 2.31. The van der Waals surface area contributed by atoms with Gasteiger partial charge in [-0.3, -0.25) is 19.3 Å². The van der Waals surface area contributed by atoms with Crippen LogP contribution in [0.3, 0.4) is 0 Å². The fourth-order valence-electron chi connectivity index (χ4n) is 2.38. The molecule has 1 aliphatic rings. The number of carbonyl (C=O) groups is 3. The van der Waals surface area contributed by atoms with Crippen molar-refractivity contribution >= 4 is 46.5 Å². The molecule has 0 radical (unpaired) electrons. The standard InChI is InChI=1S/C19H15ClN2O3S/c20-15-8-6-14(7-9-15)17(23)21-10-11-22-18(24)16(26-19(22)25)12-13-4-2-1-3-5-13/h1-9,12H,10-11H2,(H,21,23). The van der Waals surface area contributed by atoms with E-state index in [1.165, 1.54) is 0 Å². The largest absolute Gasteiger partial charge is 0.350 e. The van der Waals surface area contributed by atoms with Crippen molar-refractivity contribution in [3.05, 3.63) is 75.7 Å². The molecule has 1 aliphatic heterocycles. The summed E-state index contributed by atoms with van der Waals surface area (Å²) in [5, 5.41) is 2.90. The molecule has 7 heteroatoms. The summed E-state index contributed by atoms with van der Waals surface area (Å²) < 4.78 is 0. The van der Waals surface area contributed by atoms with Crippen LogP contribution in [0, 0.1) is 0 Å². The first-order chi connectivity index (χ1) is 12.5. The minimum absolute atomic E-state index is 0.121. The molecule has 132 valence electrons. The zero-order valence-electron chi connectivity index (χ0n) is 13.6. The molecule has 2 aromatic rings. The Hall–Kier alpha value is -2.57. The second-order valence-corrected chi connectivity index (χ2v) is 6.94. The van der Waals surface area contributed by atoms with E-state index in [1.807, 2.05) is 30.3 Å². The number of rotatable bonds is 5. The molecule has 5 nitrogen and oxygen atoms in total. The van der Waals surface area contributed by atoms with E-state index in [-0.39, 0.29) is 30.1 Å². The molecule has 1 N–H and O–H groups in total. The van der Waals surface area contributed by atoms with Crippen LogP contribution in [0.1, 0.15) is 15.9 Å². The van der Waals surface area contributed by atoms with E-state index in [2.05, 4.69) is 5.32 Å². The van der Waals surface area contributed by atoms with Crippen LogP contribution in [0.4, 0.5) is 4.79 Å². The van der Waals surface area contributed by atoms with E-state index >= 15 is 0 Å². The van der Waals surface area contributed by atoms with E-state index in [9.17, 15) is 14.4 Å². The normalized spacial score (nSPS) is 15.6. The van der Waals surface area contributed by atoms with Gasteiger partial charge in [-0.2, -0.15) is 0 Å². The summed E-state index contributed by atoms with van der Waals surface area (Å²) in [7, 11) is 0. The SMILES string of the molecule is O=C(NCCN1C(=O)SC(=Cc2ccccc2)C1=O)c1ccc(Cl)cc1. The Morgan fingerprint density at radius 1 is 1.08 bits per heavy atom. The van der Waals surface area contributed by atoms with Crippen molar-refractivity contribution in [2.24, 2.45) is 0 Å². The third kappa shape index (κ3) is 4.33. The highest BCUT2D eigenvalue weighted by Gasteiger charge is 2.34. The fourth-order valence-corrected chi connectivity index (χ4v) is 3.37. The van der Waals surface area contributed by atoms with Gasteiger partial charge in [-0.15, -0.1) is 0 Å². The number of carbonyl (C=O) groups excluding carboxylic acids is 3. The molecule has 0 spiro atoms. The number of imide groups is 1. The van der Waals surface area contributed by atoms with Crippen molar-refractivity contribution in [3.8, 4) is 0 Å². The first kappa shape index (κ1) is 18.2. The first-order valence-corrected chi connectivity index (χ1v) is 9.08. The Morgan fingerprint density at radius 3 is 2.46 bits per heavy atom. The third-order valence-corrected chi connectivity index (χ3v) is 4.86. The number of benzene rings is 2. The highest BCUT2D eigenvalue weighted by atomic mass is 35.5. The van der Waals surface area contributed by atoms with Gasteiger partial charge < -0.3 is 5.32 Å². The quantitative estimate of drug-likeness (QED) is 0.793. The van der Waals surface area contributed by atoms with Gasteiger partial charge >= 0.3 is 0 Å². The lowest BCUT2D eigenvalue weighted by molar-refractivity contribution is -0.122. The second-order valence-electron chi connectivity index (χ2n) is 5.51. The molecule has 1 saturated heterocycles. The van der Waals surface area contributed by atoms with Crippen LogP contribution in [0.15, 0.2) is 59.5 Å². The molecule has 3 rings (SSSR count). The molecular weight excluding hydrogens is 372 g/mol. The monoisotopic (exact) mass is 386 g/mol. The Morgan fingerprint density at radius 2 is 1.77 bits per heavy atom. The lowest BCUT2D eigenvalue weighted by atomic mass is 10.2. The van der Waals surface area contributed by atoms with Crippen molar-refractivity contribution in [2.45, 2.75) is 0 Å². The van der Waals surface area contributed by atoms with Gasteiger partial charge in [0.05, 0.1) is 4.91 Å². The molecule has 3 amide bonds. The van der Waals surface area contributed by atoms with E-state index in [4.69, 9.17) is 11.6 Å². The van der Waals surface area contributed by atoms with Crippen molar-refractivity contribution in [1.29, 1.82) is 0 Å². The maximum Gasteiger partial charge on any atom is 0.293 e. The molecule has 0 bridgehead atoms. The molecule has 0 unspecified atom stereocenters. The number of hydrogen-bond acceptors (Lipinski definition) is 4. The highest BCUT2D eigenvalue weighted by molar-refractivity contribution is 8.18. The Kier molecular flexibility index (Phi) is 5.75. The molecule has 1 heterocycles. The molecule has 0 aliphatic carbocycles. The maximum atomic E-state index is 12.4. The van der Waals surface area contributed by atoms with Crippen molar-refractivity contribution in [2.75, 3.05) is 13.1 Å². The van der Waals surface area contributed by atoms with Gasteiger partial charge in [0.2, 0.25) is 0 Å². The van der Waals surface area contributed by atoms with Crippen LogP contribution < -0.4 is 5.32 Å². The summed E-state index contributed by atoms with van der Waals surface area (Å²) in [6.07, 6.45) is 1.69. The van der Waals surface area contributed by atoms with Gasteiger partial charge in [-0.1, -0.05) is 41.9 Å². The van der Waals surface area contributed by atoms with Crippen LogP contribution in [0.5, 0.6) is 0 Å². The molecule has 26 heavy (non-hydrogen) atoms. The predicted molar refractivity (Wildman–Crippen MR) is 103 cm³/mol. The number of halogens is 1. The van der Waals surface area contributed by atoms with Gasteiger partial charge in [-0.05, 0) is 47.7 Å². The van der Waals surface area contributed by atoms with Gasteiger partial charge in [-0.25, -0.2) is 0 Å². The van der Waals surface area contributed by atoms with Crippen molar-refractivity contribution in [3.63, 3.8) is 0 Å². The fraction of sp³-hybridized carbons (Fsp3) is 0.105. The van der Waals surface area contributed by atoms with Gasteiger partial charge in [0.25, 0.3) is 17.1 Å². The van der Waals surface area contributed by atoms with Crippen LogP contribution in [0.25, 0.3) is 6.08 Å². The minimum atomic E-state index is -0.343. The zero-order chi connectivity index (χ0) is 18.5. The smallest absolute Gasteiger partial charge is 0.293 e. The summed E-state index contributed by atoms with van der Waals surface area (Å²) in [5.74, 6) is -0.627. The third-order valence-electron chi connectivity index (χ3n) is 3.70. The average molecular weight is 387 g/mol. The Balaban J connectivity index is 1.57. The van der Waals surface area contributed by atoms with Crippen LogP contribution in [0.2, 0.25) is 5.02 Å². The summed E-state index contributed by atoms with van der Waals surface area (Å²) in [5.41, 5.74) is 1.32. The van der Waals surface area contributed by atoms with E-state index in [0.717, 1.165) is 22.2 Å². The number of thioether (sulfide) groups is 1. The molecule has 0 atom stereocenters. The predicted octanol–water partition coefficient (Wildman–Crippen LogP) is 3.81. The second kappa shape index (κ2) is 8.21. The maximum absolute atomic E-state index is 12.4. The number of nitrogens with zero attached hydrogens (tertiary/aromatic N) is 1. The minimum Gasteiger partial charge on any atom is -0.350 e. The van der Waals surface area contributed by atoms with Crippen LogP contribution in [-0.2, 0) is 4.79 Å². The van der Waals surface area contributed by atoms with Crippen LogP contribution in [-0.4, -0.2) is 35.0 Å². The summed E-state index contributed by atoms with van der Waals surface area (Å²) in [6.45, 7) is 0.300. The first-order valence-electron chi connectivity index (χ1n) is 7.89. The number of nitrogens with one attached hydrogen (secondary N) is 1. The van der Waals surface area contributed by atoms with Gasteiger partial charge in [0, 0.05) is 23.7 Å². The van der Waals surface area contributed by atoms with E-state index < -0.39 is 0 Å². The Bertz CT molecular complexity index is 866. The summed E-state index contributed by atoms with van der Waals surface area (Å²) in [6, 6.07) is 15.8. The average Bonchev–Trinajstić information content (AvgIpc) is 2.90. The van der Waals surface area contributed by atoms with E-state index in [0.29, 0.717) is 15.5 Å². The van der Waals surface area contributed by atoms with Crippen molar-refractivity contribution in [1.82, 2.24) is 10.2 Å². The topological polar surface area (TPSA) is 66.5 Å². The van der Waals surface area contributed by atoms with E-state index in [1.54, 1.807) is 30.3 Å². The molecule has 0 aromatic heterocycles. The number of amides is 3. The molecular formula is C19H15ClN2O3S. The van der Waals surface area contributed by atoms with Gasteiger partial charge in [0.1, 0.15) is 0 Å².